The first kappa shape index (κ1) is 22.0. The van der Waals surface area contributed by atoms with Gasteiger partial charge >= 0.3 is 0 Å². The molecule has 0 spiro atoms. The molecule has 0 unspecified atom stereocenters. The zero-order chi connectivity index (χ0) is 22.7. The van der Waals surface area contributed by atoms with Crippen LogP contribution in [0.25, 0.3) is 16.6 Å². The molecule has 3 aromatic rings. The van der Waals surface area contributed by atoms with E-state index in [0.29, 0.717) is 60.6 Å². The van der Waals surface area contributed by atoms with Crippen LogP contribution in [-0.2, 0) is 0 Å². The number of nitrogens with zero attached hydrogens (tertiary/aromatic N) is 3. The third kappa shape index (κ3) is 4.65. The Balaban J connectivity index is 1.60. The number of carbonyl (C=O) groups is 1. The van der Waals surface area contributed by atoms with E-state index in [0.717, 1.165) is 12.1 Å². The van der Waals surface area contributed by atoms with Crippen molar-refractivity contribution in [3.8, 4) is 11.4 Å². The van der Waals surface area contributed by atoms with Gasteiger partial charge in [-0.2, -0.15) is 0 Å². The van der Waals surface area contributed by atoms with E-state index in [1.807, 2.05) is 24.8 Å². The summed E-state index contributed by atoms with van der Waals surface area (Å²) in [6.07, 6.45) is 1.30. The Labute approximate surface area is 185 Å². The van der Waals surface area contributed by atoms with Gasteiger partial charge in [-0.3, -0.25) is 19.1 Å². The number of nitrogens with one attached hydrogen (secondary N) is 1. The summed E-state index contributed by atoms with van der Waals surface area (Å²) in [6.45, 7) is 6.51. The summed E-state index contributed by atoms with van der Waals surface area (Å²) in [4.78, 5) is 32.0. The number of halogens is 1. The topological polar surface area (TPSA) is 76.5 Å². The lowest BCUT2D eigenvalue weighted by atomic mass is 10.1. The van der Waals surface area contributed by atoms with Gasteiger partial charge in [0, 0.05) is 31.7 Å². The van der Waals surface area contributed by atoms with Crippen molar-refractivity contribution < 1.29 is 13.9 Å². The SMILES string of the molecule is CCNC(=O)c1ccc(C)c(-n2cnc3ccc(OCCN4CC[C@H](F)C4)cc3c2=O)c1. The van der Waals surface area contributed by atoms with Crippen LogP contribution in [0.15, 0.2) is 47.5 Å². The predicted octanol–water partition coefficient (Wildman–Crippen LogP) is 2.87. The van der Waals surface area contributed by atoms with Crippen molar-refractivity contribution in [1.29, 1.82) is 0 Å². The molecule has 0 bridgehead atoms. The number of rotatable bonds is 7. The average molecular weight is 439 g/mol. The monoisotopic (exact) mass is 438 g/mol. The zero-order valence-electron chi connectivity index (χ0n) is 18.3. The van der Waals surface area contributed by atoms with Gasteiger partial charge in [0.2, 0.25) is 0 Å². The quantitative estimate of drug-likeness (QED) is 0.614. The van der Waals surface area contributed by atoms with Crippen molar-refractivity contribution in [2.24, 2.45) is 0 Å². The molecule has 1 amide bonds. The fourth-order valence-electron chi connectivity index (χ4n) is 3.92. The molecule has 4 rings (SSSR count). The molecule has 1 fully saturated rings. The molecule has 2 aromatic carbocycles. The summed E-state index contributed by atoms with van der Waals surface area (Å²) < 4.78 is 20.6. The Kier molecular flexibility index (Phi) is 6.50. The number of likely N-dealkylation sites (tertiary alicyclic amines) is 1. The molecule has 1 saturated heterocycles. The molecule has 1 N–H and O–H groups in total. The van der Waals surface area contributed by atoms with Crippen LogP contribution in [-0.4, -0.2) is 59.3 Å². The zero-order valence-corrected chi connectivity index (χ0v) is 18.3. The van der Waals surface area contributed by atoms with Gasteiger partial charge in [0.05, 0.1) is 16.6 Å². The molecule has 1 aromatic heterocycles. The molecule has 0 radical (unpaired) electrons. The predicted molar refractivity (Wildman–Crippen MR) is 122 cm³/mol. The van der Waals surface area contributed by atoms with Gasteiger partial charge in [-0.1, -0.05) is 6.07 Å². The molecule has 1 aliphatic heterocycles. The van der Waals surface area contributed by atoms with Crippen molar-refractivity contribution in [2.45, 2.75) is 26.4 Å². The summed E-state index contributed by atoms with van der Waals surface area (Å²) in [6, 6.07) is 10.5. The van der Waals surface area contributed by atoms with E-state index in [-0.39, 0.29) is 11.5 Å². The second kappa shape index (κ2) is 9.48. The van der Waals surface area contributed by atoms with Crippen LogP contribution in [0.2, 0.25) is 0 Å². The van der Waals surface area contributed by atoms with Gasteiger partial charge in [-0.25, -0.2) is 9.37 Å². The van der Waals surface area contributed by atoms with E-state index in [2.05, 4.69) is 10.3 Å². The van der Waals surface area contributed by atoms with Crippen LogP contribution in [0, 0.1) is 6.92 Å². The molecule has 0 saturated carbocycles. The smallest absolute Gasteiger partial charge is 0.265 e. The molecular formula is C24H27FN4O3. The van der Waals surface area contributed by atoms with Crippen molar-refractivity contribution in [2.75, 3.05) is 32.8 Å². The van der Waals surface area contributed by atoms with Gasteiger partial charge in [0.15, 0.2) is 0 Å². The van der Waals surface area contributed by atoms with E-state index in [1.165, 1.54) is 10.9 Å². The van der Waals surface area contributed by atoms with Crippen molar-refractivity contribution >= 4 is 16.8 Å². The van der Waals surface area contributed by atoms with E-state index >= 15 is 0 Å². The van der Waals surface area contributed by atoms with E-state index in [1.54, 1.807) is 30.3 Å². The third-order valence-electron chi connectivity index (χ3n) is 5.69. The molecule has 1 aliphatic rings. The first-order valence-electron chi connectivity index (χ1n) is 10.9. The lowest BCUT2D eigenvalue weighted by Gasteiger charge is -2.15. The Morgan fingerprint density at radius 3 is 2.88 bits per heavy atom. The summed E-state index contributed by atoms with van der Waals surface area (Å²) in [7, 11) is 0. The van der Waals surface area contributed by atoms with E-state index in [9.17, 15) is 14.0 Å². The summed E-state index contributed by atoms with van der Waals surface area (Å²) in [5, 5.41) is 3.20. The number of hydrogen-bond donors (Lipinski definition) is 1. The van der Waals surface area contributed by atoms with Crippen molar-refractivity contribution in [1.82, 2.24) is 19.8 Å². The number of hydrogen-bond acceptors (Lipinski definition) is 5. The maximum absolute atomic E-state index is 13.3. The molecule has 8 heteroatoms. The number of alkyl halides is 1. The van der Waals surface area contributed by atoms with Crippen LogP contribution in [0.1, 0.15) is 29.3 Å². The number of benzene rings is 2. The highest BCUT2D eigenvalue weighted by Gasteiger charge is 2.21. The van der Waals surface area contributed by atoms with Crippen LogP contribution in [0.3, 0.4) is 0 Å². The summed E-state index contributed by atoms with van der Waals surface area (Å²) in [5.74, 6) is 0.376. The summed E-state index contributed by atoms with van der Waals surface area (Å²) >= 11 is 0. The lowest BCUT2D eigenvalue weighted by molar-refractivity contribution is 0.0956. The number of fused-ring (bicyclic) bond motifs is 1. The highest BCUT2D eigenvalue weighted by atomic mass is 19.1. The van der Waals surface area contributed by atoms with Crippen LogP contribution in [0.5, 0.6) is 5.75 Å². The Morgan fingerprint density at radius 1 is 1.28 bits per heavy atom. The number of amides is 1. The van der Waals surface area contributed by atoms with Gasteiger partial charge in [0.1, 0.15) is 24.9 Å². The van der Waals surface area contributed by atoms with Gasteiger partial charge in [-0.05, 0) is 56.2 Å². The normalized spacial score (nSPS) is 16.4. The van der Waals surface area contributed by atoms with Gasteiger partial charge in [0.25, 0.3) is 11.5 Å². The number of aryl methyl sites for hydroxylation is 1. The highest BCUT2D eigenvalue weighted by molar-refractivity contribution is 5.94. The molecule has 2 heterocycles. The minimum atomic E-state index is -0.754. The van der Waals surface area contributed by atoms with Gasteiger partial charge < -0.3 is 10.1 Å². The Hall–Kier alpha value is -3.26. The molecular weight excluding hydrogens is 411 g/mol. The van der Waals surface area contributed by atoms with Crippen molar-refractivity contribution in [3.63, 3.8) is 0 Å². The standard InChI is InChI=1S/C24H27FN4O3/c1-3-26-23(30)17-5-4-16(2)22(12-17)29-15-27-21-7-6-19(13-20(21)24(29)31)32-11-10-28-9-8-18(25)14-28/h4-7,12-13,15,18H,3,8-11,14H2,1-2H3,(H,26,30)/t18-/m0/s1. The van der Waals surface area contributed by atoms with E-state index < -0.39 is 6.17 Å². The fourth-order valence-corrected chi connectivity index (χ4v) is 3.92. The van der Waals surface area contributed by atoms with Crippen molar-refractivity contribution in [3.05, 3.63) is 64.2 Å². The highest BCUT2D eigenvalue weighted by Crippen LogP contribution is 2.20. The third-order valence-corrected chi connectivity index (χ3v) is 5.69. The molecule has 0 aliphatic carbocycles. The van der Waals surface area contributed by atoms with Crippen LogP contribution in [0.4, 0.5) is 4.39 Å². The second-order valence-electron chi connectivity index (χ2n) is 7.99. The lowest BCUT2D eigenvalue weighted by Crippen LogP contribution is -2.26. The Bertz CT molecular complexity index is 1190. The first-order valence-corrected chi connectivity index (χ1v) is 10.9. The maximum atomic E-state index is 13.3. The van der Waals surface area contributed by atoms with Crippen LogP contribution < -0.4 is 15.6 Å². The first-order chi connectivity index (χ1) is 15.5. The molecule has 32 heavy (non-hydrogen) atoms. The minimum Gasteiger partial charge on any atom is -0.492 e. The maximum Gasteiger partial charge on any atom is 0.265 e. The average Bonchev–Trinajstić information content (AvgIpc) is 3.20. The number of aromatic nitrogens is 2. The van der Waals surface area contributed by atoms with E-state index in [4.69, 9.17) is 4.74 Å². The van der Waals surface area contributed by atoms with Crippen LogP contribution >= 0.6 is 0 Å². The molecule has 1 atom stereocenters. The van der Waals surface area contributed by atoms with Gasteiger partial charge in [-0.15, -0.1) is 0 Å². The fraction of sp³-hybridized carbons (Fsp3) is 0.375. The number of ether oxygens (including phenoxy) is 1. The molecule has 168 valence electrons. The summed E-state index contributed by atoms with van der Waals surface area (Å²) in [5.41, 5.74) is 2.26. The molecule has 7 nitrogen and oxygen atoms in total. The largest absolute Gasteiger partial charge is 0.492 e. The number of carbonyl (C=O) groups excluding carboxylic acids is 1. The minimum absolute atomic E-state index is 0.191. The second-order valence-corrected chi connectivity index (χ2v) is 7.99. The Morgan fingerprint density at radius 2 is 2.12 bits per heavy atom.